The summed E-state index contributed by atoms with van der Waals surface area (Å²) in [4.78, 5) is 4.07. The van der Waals surface area contributed by atoms with Crippen LogP contribution in [0.1, 0.15) is 11.4 Å². The summed E-state index contributed by atoms with van der Waals surface area (Å²) in [5, 5.41) is 4.32. The van der Waals surface area contributed by atoms with E-state index in [1.54, 1.807) is 16.8 Å². The number of hydrogen-bond donors (Lipinski definition) is 1. The molecule has 0 spiro atoms. The molecule has 0 aliphatic carbocycles. The summed E-state index contributed by atoms with van der Waals surface area (Å²) in [7, 11) is -3.87. The van der Waals surface area contributed by atoms with Gasteiger partial charge in [0.15, 0.2) is 5.82 Å². The molecule has 3 rings (SSSR count). The largest absolute Gasteiger partial charge is 0.278 e. The third-order valence-corrected chi connectivity index (χ3v) is 4.71. The maximum Gasteiger partial charge on any atom is 0.262 e. The highest BCUT2D eigenvalue weighted by molar-refractivity contribution is 7.92. The van der Waals surface area contributed by atoms with E-state index in [0.29, 0.717) is 5.82 Å². The number of hydrogen-bond acceptors (Lipinski definition) is 4. The van der Waals surface area contributed by atoms with Gasteiger partial charge in [0.1, 0.15) is 5.82 Å². The maximum absolute atomic E-state index is 13.2. The van der Waals surface area contributed by atoms with Gasteiger partial charge in [-0.2, -0.15) is 5.10 Å². The van der Waals surface area contributed by atoms with Gasteiger partial charge in [-0.05, 0) is 50.2 Å². The van der Waals surface area contributed by atoms with Crippen molar-refractivity contribution in [1.82, 2.24) is 14.8 Å². The molecule has 124 valence electrons. The average molecular weight is 346 g/mol. The predicted octanol–water partition coefficient (Wildman–Crippen LogP) is 2.82. The van der Waals surface area contributed by atoms with Crippen molar-refractivity contribution in [3.63, 3.8) is 0 Å². The molecule has 8 heteroatoms. The molecule has 0 aliphatic heterocycles. The lowest BCUT2D eigenvalue weighted by molar-refractivity contribution is 0.595. The van der Waals surface area contributed by atoms with Crippen molar-refractivity contribution in [2.45, 2.75) is 18.7 Å². The number of anilines is 1. The Hall–Kier alpha value is -2.74. The Balaban J connectivity index is 1.85. The Morgan fingerprint density at radius 1 is 1.12 bits per heavy atom. The second-order valence-electron chi connectivity index (χ2n) is 5.31. The first-order valence-electron chi connectivity index (χ1n) is 7.13. The van der Waals surface area contributed by atoms with Crippen LogP contribution in [0, 0.1) is 19.7 Å². The molecule has 0 saturated heterocycles. The van der Waals surface area contributed by atoms with Crippen LogP contribution in [0.5, 0.6) is 0 Å². The molecule has 0 saturated carbocycles. The minimum atomic E-state index is -3.87. The van der Waals surface area contributed by atoms with Crippen LogP contribution in [0.15, 0.2) is 53.6 Å². The van der Waals surface area contributed by atoms with Crippen LogP contribution in [0.3, 0.4) is 0 Å². The van der Waals surface area contributed by atoms with Crippen molar-refractivity contribution < 1.29 is 12.8 Å². The van der Waals surface area contributed by atoms with Crippen LogP contribution in [0.2, 0.25) is 0 Å². The molecule has 0 atom stereocenters. The van der Waals surface area contributed by atoms with Gasteiger partial charge in [-0.3, -0.25) is 4.72 Å². The molecule has 0 radical (unpaired) electrons. The number of sulfonamides is 1. The Morgan fingerprint density at radius 2 is 1.92 bits per heavy atom. The number of benzene rings is 1. The van der Waals surface area contributed by atoms with Crippen molar-refractivity contribution in [2.75, 3.05) is 4.72 Å². The molecule has 6 nitrogen and oxygen atoms in total. The second kappa shape index (κ2) is 6.04. The molecule has 0 bridgehead atoms. The molecule has 3 aromatic rings. The van der Waals surface area contributed by atoms with Crippen LogP contribution in [-0.2, 0) is 10.0 Å². The molecule has 0 unspecified atom stereocenters. The standard InChI is InChI=1S/C16H15FN4O2S/c1-11-8-12(2)21(19-11)16-7-6-14(10-18-16)20-24(22,23)15-5-3-4-13(17)9-15/h3-10,20H,1-2H3. The van der Waals surface area contributed by atoms with E-state index >= 15 is 0 Å². The lowest BCUT2D eigenvalue weighted by Crippen LogP contribution is -2.13. The molecule has 2 aromatic heterocycles. The average Bonchev–Trinajstić information content (AvgIpc) is 2.86. The van der Waals surface area contributed by atoms with Crippen molar-refractivity contribution in [3.05, 3.63) is 65.9 Å². The molecule has 1 N–H and O–H groups in total. The molecule has 0 aliphatic rings. The van der Waals surface area contributed by atoms with Gasteiger partial charge < -0.3 is 0 Å². The van der Waals surface area contributed by atoms with E-state index in [2.05, 4.69) is 14.8 Å². The number of aromatic nitrogens is 3. The monoisotopic (exact) mass is 346 g/mol. The number of rotatable bonds is 4. The van der Waals surface area contributed by atoms with Crippen LogP contribution in [-0.4, -0.2) is 23.2 Å². The maximum atomic E-state index is 13.2. The van der Waals surface area contributed by atoms with E-state index in [1.165, 1.54) is 24.4 Å². The first-order chi connectivity index (χ1) is 11.3. The third kappa shape index (κ3) is 3.28. The molecular formula is C16H15FN4O2S. The summed E-state index contributed by atoms with van der Waals surface area (Å²) in [5.41, 5.74) is 2.07. The van der Waals surface area contributed by atoms with Crippen molar-refractivity contribution >= 4 is 15.7 Å². The van der Waals surface area contributed by atoms with E-state index in [4.69, 9.17) is 0 Å². The first kappa shape index (κ1) is 16.1. The van der Waals surface area contributed by atoms with Gasteiger partial charge >= 0.3 is 0 Å². The van der Waals surface area contributed by atoms with Gasteiger partial charge in [-0.1, -0.05) is 6.07 Å². The fourth-order valence-electron chi connectivity index (χ4n) is 2.28. The fraction of sp³-hybridized carbons (Fsp3) is 0.125. The van der Waals surface area contributed by atoms with Crippen LogP contribution < -0.4 is 4.72 Å². The number of pyridine rings is 1. The Labute approximate surface area is 139 Å². The highest BCUT2D eigenvalue weighted by Crippen LogP contribution is 2.17. The SMILES string of the molecule is Cc1cc(C)n(-c2ccc(NS(=O)(=O)c3cccc(F)c3)cn2)n1. The Bertz CT molecular complexity index is 982. The van der Waals surface area contributed by atoms with E-state index in [1.807, 2.05) is 19.9 Å². The molecule has 2 heterocycles. The highest BCUT2D eigenvalue weighted by Gasteiger charge is 2.15. The van der Waals surface area contributed by atoms with Gasteiger partial charge in [0.2, 0.25) is 0 Å². The molecule has 1 aromatic carbocycles. The number of nitrogens with zero attached hydrogens (tertiary/aromatic N) is 3. The third-order valence-electron chi connectivity index (χ3n) is 3.33. The summed E-state index contributed by atoms with van der Waals surface area (Å²) < 4.78 is 41.7. The van der Waals surface area contributed by atoms with Crippen molar-refractivity contribution in [3.8, 4) is 5.82 Å². The van der Waals surface area contributed by atoms with E-state index in [-0.39, 0.29) is 10.6 Å². The van der Waals surface area contributed by atoms with Crippen LogP contribution in [0.4, 0.5) is 10.1 Å². The number of nitrogens with one attached hydrogen (secondary N) is 1. The minimum absolute atomic E-state index is 0.148. The zero-order valence-electron chi connectivity index (χ0n) is 13.1. The summed E-state index contributed by atoms with van der Waals surface area (Å²) in [6.07, 6.45) is 1.39. The lowest BCUT2D eigenvalue weighted by atomic mass is 10.4. The summed E-state index contributed by atoms with van der Waals surface area (Å²) >= 11 is 0. The highest BCUT2D eigenvalue weighted by atomic mass is 32.2. The smallest absolute Gasteiger partial charge is 0.262 e. The van der Waals surface area contributed by atoms with Gasteiger partial charge in [0.05, 0.1) is 22.5 Å². The quantitative estimate of drug-likeness (QED) is 0.788. The zero-order chi connectivity index (χ0) is 17.3. The zero-order valence-corrected chi connectivity index (χ0v) is 13.9. The van der Waals surface area contributed by atoms with Gasteiger partial charge in [-0.15, -0.1) is 0 Å². The van der Waals surface area contributed by atoms with Gasteiger partial charge in [0.25, 0.3) is 10.0 Å². The minimum Gasteiger partial charge on any atom is -0.278 e. The topological polar surface area (TPSA) is 76.9 Å². The molecular weight excluding hydrogens is 331 g/mol. The van der Waals surface area contributed by atoms with Crippen LogP contribution in [0.25, 0.3) is 5.82 Å². The van der Waals surface area contributed by atoms with Crippen LogP contribution >= 0.6 is 0 Å². The second-order valence-corrected chi connectivity index (χ2v) is 6.99. The number of aryl methyl sites for hydroxylation is 2. The fourth-order valence-corrected chi connectivity index (χ4v) is 3.36. The number of halogens is 1. The molecule has 24 heavy (non-hydrogen) atoms. The van der Waals surface area contributed by atoms with E-state index < -0.39 is 15.8 Å². The lowest BCUT2D eigenvalue weighted by Gasteiger charge is -2.09. The summed E-state index contributed by atoms with van der Waals surface area (Å²) in [6, 6.07) is 9.96. The Morgan fingerprint density at radius 3 is 2.50 bits per heavy atom. The predicted molar refractivity (Wildman–Crippen MR) is 88.0 cm³/mol. The summed E-state index contributed by atoms with van der Waals surface area (Å²) in [5.74, 6) is -0.0369. The van der Waals surface area contributed by atoms with Crippen molar-refractivity contribution in [2.24, 2.45) is 0 Å². The van der Waals surface area contributed by atoms with Gasteiger partial charge in [-0.25, -0.2) is 22.5 Å². The molecule has 0 fully saturated rings. The summed E-state index contributed by atoms with van der Waals surface area (Å²) in [6.45, 7) is 3.78. The Kier molecular flexibility index (Phi) is 4.06. The van der Waals surface area contributed by atoms with E-state index in [9.17, 15) is 12.8 Å². The molecule has 0 amide bonds. The van der Waals surface area contributed by atoms with Gasteiger partial charge in [0, 0.05) is 5.69 Å². The van der Waals surface area contributed by atoms with E-state index in [0.717, 1.165) is 17.5 Å². The van der Waals surface area contributed by atoms with Crippen molar-refractivity contribution in [1.29, 1.82) is 0 Å². The normalized spacial score (nSPS) is 11.5. The first-order valence-corrected chi connectivity index (χ1v) is 8.61.